The van der Waals surface area contributed by atoms with Crippen LogP contribution in [0.25, 0.3) is 11.1 Å². The van der Waals surface area contributed by atoms with Crippen LogP contribution < -0.4 is 26.0 Å². The minimum absolute atomic E-state index is 0.0139. The standard InChI is InChI=1S/C52H74N4O21S/c1-26(60)54-40-43(66)47(76-51-46(69)48(42(65)35(22-58)74-51)77-50-45(68)44(67)41(64)34(21-57)73-50)36(23-59)75-49(40)71-19-5-4-10-30(61)24-72-31-16-14-27(15-17-31)28-8-6-9-29(20-28)33(62)11-7-18-53-38(63)13-3-2-12-37-39-32(25-78-37)55-52(70)56-39/h6,8-9,14-17,20,32,34-37,39-51,57-59,64-69H,2-5,7,10-13,18-19,21-25H2,1H3,(H,53,63)(H,54,60)(H2,55,56,70)/t32-,34?,35?,36?,37-,39-,40?,41-,42-,43+,44-,45?,46?,47+,48-,49+,50+,51-/m0/s1. The molecule has 0 radical (unpaired) electrons. The normalized spacial score (nSPS) is 33.6. The number of unbranched alkanes of at least 4 members (excludes halogenated alkanes) is 2. The van der Waals surface area contributed by atoms with Gasteiger partial charge >= 0.3 is 6.03 Å². The molecule has 7 rings (SSSR count). The van der Waals surface area contributed by atoms with E-state index in [1.54, 1.807) is 24.3 Å². The number of thioether (sulfide) groups is 1. The van der Waals surface area contributed by atoms with E-state index in [0.717, 1.165) is 36.1 Å². The SMILES string of the molecule is CC(=O)NC1[C@H](OCCCCC(=O)COc2ccc(-c3cccc(C(=O)CCCNC(=O)CCCC[C@@H]4SC[C@@H]5NC(=O)N[C@@H]54)c3)cc2)OC(CO)[C@@H](O[C@@H]2OC(CO)[C@H](O)[C@H](O[C@H]3OC(CO)[C@H](O)[C@H](O)C3O)C2O)[C@@H]1O. The van der Waals surface area contributed by atoms with E-state index in [4.69, 9.17) is 33.2 Å². The van der Waals surface area contributed by atoms with Crippen LogP contribution in [0.1, 0.15) is 75.1 Å². The highest BCUT2D eigenvalue weighted by Gasteiger charge is 2.54. The van der Waals surface area contributed by atoms with E-state index in [1.165, 1.54) is 6.92 Å². The smallest absolute Gasteiger partial charge is 0.315 e. The van der Waals surface area contributed by atoms with E-state index in [9.17, 15) is 69.9 Å². The second-order valence-corrected chi connectivity index (χ2v) is 21.3. The molecule has 5 aliphatic rings. The zero-order valence-electron chi connectivity index (χ0n) is 43.2. The second-order valence-electron chi connectivity index (χ2n) is 20.1. The van der Waals surface area contributed by atoms with Crippen molar-refractivity contribution in [2.45, 2.75) is 174 Å². The first kappa shape index (κ1) is 61.2. The van der Waals surface area contributed by atoms with E-state index >= 15 is 0 Å². The first-order valence-electron chi connectivity index (χ1n) is 26.4. The molecule has 5 heterocycles. The number of benzene rings is 2. The Balaban J connectivity index is 0.801. The molecule has 2 aromatic rings. The number of rotatable bonds is 28. The van der Waals surface area contributed by atoms with Crippen LogP contribution >= 0.6 is 11.8 Å². The lowest BCUT2D eigenvalue weighted by molar-refractivity contribution is -0.376. The summed E-state index contributed by atoms with van der Waals surface area (Å²) in [6, 6.07) is 13.3. The third-order valence-electron chi connectivity index (χ3n) is 14.4. The Hall–Kier alpha value is -4.46. The number of carbonyl (C=O) groups is 5. The highest BCUT2D eigenvalue weighted by atomic mass is 32.2. The van der Waals surface area contributed by atoms with Crippen molar-refractivity contribution >= 4 is 41.2 Å². The van der Waals surface area contributed by atoms with Gasteiger partial charge in [-0.3, -0.25) is 19.2 Å². The fourth-order valence-corrected chi connectivity index (χ4v) is 11.6. The number of Topliss-reactive ketones (excluding diaryl/α,β-unsaturated/α-hetero) is 2. The number of hydrogen-bond donors (Lipinski definition) is 13. The minimum atomic E-state index is -1.97. The summed E-state index contributed by atoms with van der Waals surface area (Å²) in [5.74, 6) is 0.485. The van der Waals surface area contributed by atoms with Gasteiger partial charge < -0.3 is 100 Å². The van der Waals surface area contributed by atoms with Gasteiger partial charge in [-0.2, -0.15) is 11.8 Å². The van der Waals surface area contributed by atoms with Crippen molar-refractivity contribution in [3.63, 3.8) is 0 Å². The molecule has 5 fully saturated rings. The molecule has 0 saturated carbocycles. The average molecular weight is 1120 g/mol. The molecule has 18 atom stereocenters. The molecule has 5 aliphatic heterocycles. The predicted molar refractivity (Wildman–Crippen MR) is 273 cm³/mol. The Morgan fingerprint density at radius 2 is 1.37 bits per heavy atom. The summed E-state index contributed by atoms with van der Waals surface area (Å²) in [6.07, 6.45) is -19.0. The molecular weight excluding hydrogens is 1050 g/mol. The molecule has 0 aromatic heterocycles. The fourth-order valence-electron chi connectivity index (χ4n) is 10.0. The predicted octanol–water partition coefficient (Wildman–Crippen LogP) is -2.11. The van der Waals surface area contributed by atoms with Crippen molar-refractivity contribution in [3.05, 3.63) is 54.1 Å². The maximum Gasteiger partial charge on any atom is 0.315 e. The zero-order chi connectivity index (χ0) is 56.0. The van der Waals surface area contributed by atoms with Crippen LogP contribution in [0, 0.1) is 0 Å². The van der Waals surface area contributed by atoms with Crippen molar-refractivity contribution in [3.8, 4) is 16.9 Å². The van der Waals surface area contributed by atoms with Crippen LogP contribution in [0.4, 0.5) is 4.79 Å². The van der Waals surface area contributed by atoms with Gasteiger partial charge in [0.2, 0.25) is 11.8 Å². The van der Waals surface area contributed by atoms with Crippen LogP contribution in [0.2, 0.25) is 0 Å². The molecule has 6 unspecified atom stereocenters. The molecule has 4 amide bonds. The Labute approximate surface area is 454 Å². The lowest BCUT2D eigenvalue weighted by Gasteiger charge is -2.48. The van der Waals surface area contributed by atoms with Crippen LogP contribution in [-0.4, -0.2) is 230 Å². The number of hydrogen-bond acceptors (Lipinski definition) is 22. The molecule has 13 N–H and O–H groups in total. The molecule has 0 bridgehead atoms. The maximum absolute atomic E-state index is 13.1. The summed E-state index contributed by atoms with van der Waals surface area (Å²) in [6.45, 7) is -1.07. The highest BCUT2D eigenvalue weighted by molar-refractivity contribution is 8.00. The fraction of sp³-hybridized carbons (Fsp3) is 0.673. The van der Waals surface area contributed by atoms with Gasteiger partial charge in [0.25, 0.3) is 0 Å². The maximum atomic E-state index is 13.1. The van der Waals surface area contributed by atoms with E-state index in [2.05, 4.69) is 21.3 Å². The lowest BCUT2D eigenvalue weighted by atomic mass is 9.95. The van der Waals surface area contributed by atoms with Crippen LogP contribution in [0.5, 0.6) is 5.75 Å². The first-order valence-corrected chi connectivity index (χ1v) is 27.5. The van der Waals surface area contributed by atoms with Crippen molar-refractivity contribution < 1.29 is 103 Å². The van der Waals surface area contributed by atoms with Gasteiger partial charge in [0.15, 0.2) is 30.4 Å². The third kappa shape index (κ3) is 15.9. The quantitative estimate of drug-likeness (QED) is 0.0246. The Morgan fingerprint density at radius 3 is 2.09 bits per heavy atom. The van der Waals surface area contributed by atoms with Gasteiger partial charge in [-0.05, 0) is 61.4 Å². The van der Waals surface area contributed by atoms with Crippen LogP contribution in [-0.2, 0) is 42.8 Å². The molecule has 25 nitrogen and oxygen atoms in total. The highest BCUT2D eigenvalue weighted by Crippen LogP contribution is 2.35. The Kier molecular flexibility index (Phi) is 23.0. The van der Waals surface area contributed by atoms with Gasteiger partial charge in [0.05, 0.1) is 31.9 Å². The summed E-state index contributed by atoms with van der Waals surface area (Å²) < 4.78 is 40.0. The molecule has 5 saturated heterocycles. The van der Waals surface area contributed by atoms with Gasteiger partial charge in [-0.25, -0.2) is 4.79 Å². The summed E-state index contributed by atoms with van der Waals surface area (Å²) in [4.78, 5) is 62.2. The molecule has 0 aliphatic carbocycles. The number of amides is 4. The largest absolute Gasteiger partial charge is 0.486 e. The summed E-state index contributed by atoms with van der Waals surface area (Å²) in [7, 11) is 0. The minimum Gasteiger partial charge on any atom is -0.486 e. The zero-order valence-corrected chi connectivity index (χ0v) is 44.0. The molecule has 26 heteroatoms. The number of nitrogens with one attached hydrogen (secondary N) is 4. The third-order valence-corrected chi connectivity index (χ3v) is 15.9. The number of ketones is 2. The average Bonchev–Trinajstić information content (AvgIpc) is 4.01. The van der Waals surface area contributed by atoms with E-state index in [1.807, 2.05) is 36.0 Å². The topological polar surface area (TPSA) is 380 Å². The molecule has 2 aromatic carbocycles. The van der Waals surface area contributed by atoms with Crippen molar-refractivity contribution in [2.75, 3.05) is 45.3 Å². The molecule has 0 spiro atoms. The monoisotopic (exact) mass is 1120 g/mol. The van der Waals surface area contributed by atoms with E-state index in [0.29, 0.717) is 48.8 Å². The van der Waals surface area contributed by atoms with Gasteiger partial charge in [0, 0.05) is 55.9 Å². The second kappa shape index (κ2) is 29.3. The van der Waals surface area contributed by atoms with E-state index in [-0.39, 0.29) is 61.6 Å². The Bertz CT molecular complexity index is 2290. The number of aliphatic hydroxyl groups is 9. The number of carbonyl (C=O) groups excluding carboxylic acids is 5. The van der Waals surface area contributed by atoms with Crippen molar-refractivity contribution in [2.24, 2.45) is 0 Å². The van der Waals surface area contributed by atoms with Crippen LogP contribution in [0.15, 0.2) is 48.5 Å². The molecule has 434 valence electrons. The van der Waals surface area contributed by atoms with E-state index < -0.39 is 118 Å². The lowest BCUT2D eigenvalue weighted by Crippen LogP contribution is -2.68. The number of fused-ring (bicyclic) bond motifs is 1. The van der Waals surface area contributed by atoms with Crippen molar-refractivity contribution in [1.82, 2.24) is 21.3 Å². The number of urea groups is 1. The number of ether oxygens (including phenoxy) is 7. The molecular formula is C52H74N4O21S. The number of aliphatic hydroxyl groups excluding tert-OH is 9. The summed E-state index contributed by atoms with van der Waals surface area (Å²) in [5, 5.41) is 106. The van der Waals surface area contributed by atoms with Gasteiger partial charge in [-0.15, -0.1) is 0 Å². The molecule has 78 heavy (non-hydrogen) atoms. The Morgan fingerprint density at radius 1 is 0.692 bits per heavy atom. The van der Waals surface area contributed by atoms with Gasteiger partial charge in [-0.1, -0.05) is 36.8 Å². The summed E-state index contributed by atoms with van der Waals surface area (Å²) in [5.41, 5.74) is 2.20. The van der Waals surface area contributed by atoms with Gasteiger partial charge in [0.1, 0.15) is 85.5 Å². The van der Waals surface area contributed by atoms with Crippen LogP contribution in [0.3, 0.4) is 0 Å². The summed E-state index contributed by atoms with van der Waals surface area (Å²) >= 11 is 1.86. The van der Waals surface area contributed by atoms with Crippen molar-refractivity contribution in [1.29, 1.82) is 0 Å². The first-order chi connectivity index (χ1) is 37.5.